The van der Waals surface area contributed by atoms with Crippen LogP contribution in [0.2, 0.25) is 0 Å². The van der Waals surface area contributed by atoms with Crippen LogP contribution in [0.15, 0.2) is 48.5 Å². The number of thiocarbonyl (C=S) groups is 1. The van der Waals surface area contributed by atoms with Gasteiger partial charge in [0.25, 0.3) is 11.6 Å². The molecule has 12 heteroatoms. The first-order valence-electron chi connectivity index (χ1n) is 7.11. The summed E-state index contributed by atoms with van der Waals surface area (Å²) in [5.74, 6) is -0.985. The molecule has 0 aliphatic heterocycles. The van der Waals surface area contributed by atoms with Gasteiger partial charge in [-0.2, -0.15) is 0 Å². The highest BCUT2D eigenvalue weighted by molar-refractivity contribution is 7.80. The van der Waals surface area contributed by atoms with Crippen molar-refractivity contribution >= 4 is 34.6 Å². The predicted octanol–water partition coefficient (Wildman–Crippen LogP) is 3.12. The topological polar surface area (TPSA) is 106 Å². The number of nitro benzene ring substituents is 1. The molecule has 0 aliphatic rings. The van der Waals surface area contributed by atoms with Crippen LogP contribution in [0, 0.1) is 10.1 Å². The third-order valence-corrected chi connectivity index (χ3v) is 3.18. The second-order valence-corrected chi connectivity index (χ2v) is 5.32. The molecule has 0 radical (unpaired) electrons. The van der Waals surface area contributed by atoms with Gasteiger partial charge in [0.15, 0.2) is 5.11 Å². The normalized spacial score (nSPS) is 10.6. The lowest BCUT2D eigenvalue weighted by Crippen LogP contribution is -2.43. The van der Waals surface area contributed by atoms with Crippen LogP contribution in [0.3, 0.4) is 0 Å². The average Bonchev–Trinajstić information content (AvgIpc) is 2.60. The molecule has 2 aromatic rings. The molecular weight excluding hydrogens is 389 g/mol. The van der Waals surface area contributed by atoms with Crippen LogP contribution < -0.4 is 20.9 Å². The van der Waals surface area contributed by atoms with Crippen molar-refractivity contribution in [3.63, 3.8) is 0 Å². The highest BCUT2D eigenvalue weighted by atomic mass is 32.1. The Morgan fingerprint density at radius 2 is 1.63 bits per heavy atom. The molecule has 1 amide bonds. The van der Waals surface area contributed by atoms with Crippen molar-refractivity contribution in [3.8, 4) is 5.75 Å². The van der Waals surface area contributed by atoms with E-state index in [1.807, 2.05) is 0 Å². The van der Waals surface area contributed by atoms with Gasteiger partial charge in [0.1, 0.15) is 5.75 Å². The second-order valence-electron chi connectivity index (χ2n) is 4.91. The lowest BCUT2D eigenvalue weighted by Gasteiger charge is -2.13. The summed E-state index contributed by atoms with van der Waals surface area (Å²) in [6, 6.07) is 9.67. The van der Waals surface area contributed by atoms with E-state index in [4.69, 9.17) is 12.2 Å². The van der Waals surface area contributed by atoms with E-state index >= 15 is 0 Å². The number of halogens is 3. The first-order valence-corrected chi connectivity index (χ1v) is 7.52. The fraction of sp³-hybridized carbons (Fsp3) is 0.0667. The average molecular weight is 400 g/mol. The number of ether oxygens (including phenoxy) is 1. The van der Waals surface area contributed by atoms with E-state index in [-0.39, 0.29) is 16.4 Å². The van der Waals surface area contributed by atoms with Gasteiger partial charge in [0.05, 0.1) is 4.92 Å². The predicted molar refractivity (Wildman–Crippen MR) is 93.0 cm³/mol. The molecule has 0 spiro atoms. The van der Waals surface area contributed by atoms with Gasteiger partial charge in [0, 0.05) is 23.4 Å². The van der Waals surface area contributed by atoms with Gasteiger partial charge in [-0.15, -0.1) is 13.2 Å². The number of hydrazine groups is 1. The summed E-state index contributed by atoms with van der Waals surface area (Å²) < 4.78 is 40.0. The van der Waals surface area contributed by atoms with Crippen LogP contribution in [0.25, 0.3) is 0 Å². The smallest absolute Gasteiger partial charge is 0.406 e. The number of carbonyl (C=O) groups excluding carboxylic acids is 1. The maximum atomic E-state index is 12.1. The van der Waals surface area contributed by atoms with E-state index in [9.17, 15) is 28.1 Å². The third-order valence-electron chi connectivity index (χ3n) is 2.98. The van der Waals surface area contributed by atoms with Gasteiger partial charge in [-0.05, 0) is 48.6 Å². The maximum absolute atomic E-state index is 12.1. The third kappa shape index (κ3) is 6.43. The summed E-state index contributed by atoms with van der Waals surface area (Å²) in [4.78, 5) is 21.9. The Hall–Kier alpha value is -3.41. The van der Waals surface area contributed by atoms with Crippen LogP contribution in [0.4, 0.5) is 24.5 Å². The molecule has 0 saturated heterocycles. The largest absolute Gasteiger partial charge is 0.573 e. The lowest BCUT2D eigenvalue weighted by atomic mass is 10.2. The molecule has 0 aromatic heterocycles. The number of nitrogens with zero attached hydrogens (tertiary/aromatic N) is 1. The second kappa shape index (κ2) is 8.31. The van der Waals surface area contributed by atoms with E-state index in [0.29, 0.717) is 5.69 Å². The number of benzene rings is 2. The number of non-ortho nitro benzene ring substituents is 1. The molecule has 3 N–H and O–H groups in total. The van der Waals surface area contributed by atoms with Crippen molar-refractivity contribution in [3.05, 3.63) is 64.2 Å². The van der Waals surface area contributed by atoms with Gasteiger partial charge in [0.2, 0.25) is 0 Å². The summed E-state index contributed by atoms with van der Waals surface area (Å²) in [7, 11) is 0. The minimum absolute atomic E-state index is 0.0326. The van der Waals surface area contributed by atoms with Crippen LogP contribution in [-0.2, 0) is 0 Å². The number of amides is 1. The lowest BCUT2D eigenvalue weighted by molar-refractivity contribution is -0.384. The Bertz CT molecular complexity index is 842. The molecule has 0 bridgehead atoms. The van der Waals surface area contributed by atoms with Crippen LogP contribution >= 0.6 is 12.2 Å². The number of alkyl halides is 3. The van der Waals surface area contributed by atoms with E-state index in [1.54, 1.807) is 0 Å². The van der Waals surface area contributed by atoms with E-state index in [1.165, 1.54) is 36.4 Å². The molecule has 0 aliphatic carbocycles. The number of nitro groups is 1. The van der Waals surface area contributed by atoms with Crippen molar-refractivity contribution < 1.29 is 27.6 Å². The molecule has 0 fully saturated rings. The Balaban J connectivity index is 1.85. The molecular formula is C15H11F3N4O4S. The fourth-order valence-corrected chi connectivity index (χ4v) is 1.99. The quantitative estimate of drug-likeness (QED) is 0.411. The van der Waals surface area contributed by atoms with Crippen LogP contribution in [-0.4, -0.2) is 22.3 Å². The van der Waals surface area contributed by atoms with Gasteiger partial charge in [-0.1, -0.05) is 0 Å². The zero-order chi connectivity index (χ0) is 20.0. The molecule has 2 rings (SSSR count). The van der Waals surface area contributed by atoms with Gasteiger partial charge >= 0.3 is 6.36 Å². The Morgan fingerprint density at radius 1 is 1.04 bits per heavy atom. The Kier molecular flexibility index (Phi) is 6.13. The van der Waals surface area contributed by atoms with Crippen LogP contribution in [0.1, 0.15) is 10.4 Å². The molecule has 2 aromatic carbocycles. The SMILES string of the molecule is O=C(NNC(=S)Nc1ccc(OC(F)(F)F)cc1)c1ccc([N+](=O)[O-])cc1. The Labute approximate surface area is 155 Å². The van der Waals surface area contributed by atoms with Crippen molar-refractivity contribution in [1.82, 2.24) is 10.9 Å². The monoisotopic (exact) mass is 400 g/mol. The van der Waals surface area contributed by atoms with Crippen LogP contribution in [0.5, 0.6) is 5.75 Å². The minimum Gasteiger partial charge on any atom is -0.406 e. The van der Waals surface area contributed by atoms with E-state index in [0.717, 1.165) is 12.1 Å². The highest BCUT2D eigenvalue weighted by Crippen LogP contribution is 2.23. The number of anilines is 1. The van der Waals surface area contributed by atoms with Crippen molar-refractivity contribution in [2.75, 3.05) is 5.32 Å². The molecule has 0 unspecified atom stereocenters. The molecule has 142 valence electrons. The van der Waals surface area contributed by atoms with E-state index in [2.05, 4.69) is 20.9 Å². The number of hydrogen-bond acceptors (Lipinski definition) is 5. The van der Waals surface area contributed by atoms with Crippen molar-refractivity contribution in [2.24, 2.45) is 0 Å². The minimum atomic E-state index is -4.78. The summed E-state index contributed by atoms with van der Waals surface area (Å²) in [6.45, 7) is 0. The first kappa shape index (κ1) is 19.9. The highest BCUT2D eigenvalue weighted by Gasteiger charge is 2.30. The van der Waals surface area contributed by atoms with E-state index < -0.39 is 22.9 Å². The summed E-state index contributed by atoms with van der Waals surface area (Å²) in [6.07, 6.45) is -4.78. The fourth-order valence-electron chi connectivity index (χ4n) is 1.82. The van der Waals surface area contributed by atoms with Gasteiger partial charge < -0.3 is 10.1 Å². The summed E-state index contributed by atoms with van der Waals surface area (Å²) >= 11 is 4.94. The molecule has 0 saturated carbocycles. The van der Waals surface area contributed by atoms with Gasteiger partial charge in [-0.25, -0.2) is 0 Å². The maximum Gasteiger partial charge on any atom is 0.573 e. The van der Waals surface area contributed by atoms with Crippen molar-refractivity contribution in [2.45, 2.75) is 6.36 Å². The molecule has 27 heavy (non-hydrogen) atoms. The summed E-state index contributed by atoms with van der Waals surface area (Å²) in [5.41, 5.74) is 5.02. The molecule has 0 heterocycles. The number of nitrogens with one attached hydrogen (secondary N) is 3. The zero-order valence-corrected chi connectivity index (χ0v) is 14.1. The summed E-state index contributed by atoms with van der Waals surface area (Å²) in [5, 5.41) is 13.2. The molecule has 8 nitrogen and oxygen atoms in total. The van der Waals surface area contributed by atoms with Gasteiger partial charge in [-0.3, -0.25) is 25.8 Å². The molecule has 0 atom stereocenters. The van der Waals surface area contributed by atoms with Crippen molar-refractivity contribution in [1.29, 1.82) is 0 Å². The first-order chi connectivity index (χ1) is 12.6. The zero-order valence-electron chi connectivity index (χ0n) is 13.2. The number of carbonyl (C=O) groups is 1. The standard InChI is InChI=1S/C15H11F3N4O4S/c16-15(17,18)26-12-7-3-10(4-8-12)19-14(27)21-20-13(23)9-1-5-11(6-2-9)22(24)25/h1-8H,(H,20,23)(H2,19,21,27). The number of hydrogen-bond donors (Lipinski definition) is 3. The Morgan fingerprint density at radius 3 is 2.15 bits per heavy atom. The number of rotatable bonds is 4.